The zero-order valence-electron chi connectivity index (χ0n) is 12.6. The lowest BCUT2D eigenvalue weighted by atomic mass is 10.2. The van der Waals surface area contributed by atoms with Gasteiger partial charge in [-0.05, 0) is 12.8 Å². The van der Waals surface area contributed by atoms with Crippen LogP contribution < -0.4 is 16.6 Å². The third-order valence-electron chi connectivity index (χ3n) is 3.12. The van der Waals surface area contributed by atoms with Gasteiger partial charge in [0.1, 0.15) is 17.5 Å². The van der Waals surface area contributed by atoms with E-state index in [1.54, 1.807) is 6.20 Å². The van der Waals surface area contributed by atoms with E-state index in [1.165, 1.54) is 0 Å². The van der Waals surface area contributed by atoms with Gasteiger partial charge in [-0.2, -0.15) is 0 Å². The second kappa shape index (κ2) is 7.58. The molecule has 2 aromatic heterocycles. The van der Waals surface area contributed by atoms with Crippen molar-refractivity contribution in [1.82, 2.24) is 19.5 Å². The van der Waals surface area contributed by atoms with Gasteiger partial charge in [0.25, 0.3) is 0 Å². The van der Waals surface area contributed by atoms with Gasteiger partial charge in [-0.3, -0.25) is 0 Å². The molecule has 21 heavy (non-hydrogen) atoms. The van der Waals surface area contributed by atoms with Crippen LogP contribution in [0.3, 0.4) is 0 Å². The number of hydrazine groups is 1. The molecule has 2 heterocycles. The van der Waals surface area contributed by atoms with Crippen molar-refractivity contribution in [3.05, 3.63) is 30.6 Å². The van der Waals surface area contributed by atoms with Crippen molar-refractivity contribution in [3.63, 3.8) is 0 Å². The van der Waals surface area contributed by atoms with Crippen LogP contribution in [0.15, 0.2) is 24.8 Å². The molecule has 2 aromatic rings. The van der Waals surface area contributed by atoms with Crippen molar-refractivity contribution >= 4 is 11.6 Å². The highest BCUT2D eigenvalue weighted by Gasteiger charge is 2.07. The molecular formula is C14H23N7. The molecule has 114 valence electrons. The number of imidazole rings is 1. The molecule has 0 amide bonds. The second-order valence-corrected chi connectivity index (χ2v) is 5.23. The predicted octanol–water partition coefficient (Wildman–Crippen LogP) is 1.97. The minimum Gasteiger partial charge on any atom is -0.370 e. The van der Waals surface area contributed by atoms with E-state index in [0.717, 1.165) is 37.6 Å². The van der Waals surface area contributed by atoms with E-state index in [4.69, 9.17) is 5.84 Å². The summed E-state index contributed by atoms with van der Waals surface area (Å²) in [6.45, 7) is 5.97. The molecule has 0 unspecified atom stereocenters. The van der Waals surface area contributed by atoms with Gasteiger partial charge in [0, 0.05) is 37.5 Å². The van der Waals surface area contributed by atoms with Crippen LogP contribution in [0.2, 0.25) is 0 Å². The molecule has 0 radical (unpaired) electrons. The van der Waals surface area contributed by atoms with Gasteiger partial charge in [0.2, 0.25) is 0 Å². The van der Waals surface area contributed by atoms with Gasteiger partial charge in [-0.25, -0.2) is 20.8 Å². The molecule has 0 saturated carbocycles. The Bertz CT molecular complexity index is 536. The van der Waals surface area contributed by atoms with Crippen molar-refractivity contribution in [2.24, 2.45) is 5.84 Å². The van der Waals surface area contributed by atoms with Crippen molar-refractivity contribution in [1.29, 1.82) is 0 Å². The highest BCUT2D eigenvalue weighted by Crippen LogP contribution is 2.16. The normalized spacial score (nSPS) is 10.9. The number of aromatic nitrogens is 4. The number of anilines is 2. The van der Waals surface area contributed by atoms with Crippen LogP contribution in [0.1, 0.15) is 38.4 Å². The largest absolute Gasteiger partial charge is 0.370 e. The van der Waals surface area contributed by atoms with Gasteiger partial charge in [-0.15, -0.1) is 0 Å². The maximum atomic E-state index is 5.44. The van der Waals surface area contributed by atoms with E-state index in [0.29, 0.717) is 5.82 Å². The molecule has 0 spiro atoms. The third kappa shape index (κ3) is 4.71. The van der Waals surface area contributed by atoms with Crippen LogP contribution in [0, 0.1) is 0 Å². The van der Waals surface area contributed by atoms with E-state index in [-0.39, 0.29) is 5.92 Å². The first-order chi connectivity index (χ1) is 10.2. The number of nitrogens with two attached hydrogens (primary N) is 1. The van der Waals surface area contributed by atoms with Gasteiger partial charge < -0.3 is 15.3 Å². The van der Waals surface area contributed by atoms with Crippen molar-refractivity contribution in [2.45, 2.75) is 39.2 Å². The SMILES string of the molecule is CC(C)c1nc(NN)cc(NCCCCn2ccnc2)n1. The quantitative estimate of drug-likeness (QED) is 0.391. The number of hydrogen-bond acceptors (Lipinski definition) is 6. The Kier molecular flexibility index (Phi) is 5.51. The van der Waals surface area contributed by atoms with Crippen LogP contribution in [-0.4, -0.2) is 26.1 Å². The Hall–Kier alpha value is -2.15. The monoisotopic (exact) mass is 289 g/mol. The van der Waals surface area contributed by atoms with Gasteiger partial charge in [-0.1, -0.05) is 13.8 Å². The minimum atomic E-state index is 0.264. The molecule has 0 aliphatic carbocycles. The number of hydrogen-bond donors (Lipinski definition) is 3. The van der Waals surface area contributed by atoms with Gasteiger partial charge in [0.05, 0.1) is 6.33 Å². The minimum absolute atomic E-state index is 0.264. The Labute approximate surface area is 125 Å². The summed E-state index contributed by atoms with van der Waals surface area (Å²) in [7, 11) is 0. The summed E-state index contributed by atoms with van der Waals surface area (Å²) >= 11 is 0. The van der Waals surface area contributed by atoms with Crippen LogP contribution in [0.5, 0.6) is 0 Å². The first kappa shape index (κ1) is 15.2. The number of nitrogen functional groups attached to an aromatic ring is 1. The molecule has 0 saturated heterocycles. The highest BCUT2D eigenvalue weighted by atomic mass is 15.3. The lowest BCUT2D eigenvalue weighted by molar-refractivity contribution is 0.620. The van der Waals surface area contributed by atoms with E-state index < -0.39 is 0 Å². The van der Waals surface area contributed by atoms with Crippen molar-refractivity contribution < 1.29 is 0 Å². The fraction of sp³-hybridized carbons (Fsp3) is 0.500. The maximum Gasteiger partial charge on any atom is 0.145 e. The predicted molar refractivity (Wildman–Crippen MR) is 83.9 cm³/mol. The number of aryl methyl sites for hydroxylation is 1. The lowest BCUT2D eigenvalue weighted by Gasteiger charge is -2.11. The molecule has 7 nitrogen and oxygen atoms in total. The van der Waals surface area contributed by atoms with E-state index >= 15 is 0 Å². The second-order valence-electron chi connectivity index (χ2n) is 5.23. The molecule has 2 rings (SSSR count). The fourth-order valence-corrected chi connectivity index (χ4v) is 1.94. The molecule has 0 aliphatic heterocycles. The van der Waals surface area contributed by atoms with Crippen molar-refractivity contribution in [2.75, 3.05) is 17.3 Å². The van der Waals surface area contributed by atoms with E-state index in [1.807, 2.05) is 18.6 Å². The molecule has 0 aliphatic rings. The topological polar surface area (TPSA) is 93.7 Å². The molecule has 0 aromatic carbocycles. The third-order valence-corrected chi connectivity index (χ3v) is 3.12. The Balaban J connectivity index is 1.80. The number of nitrogens with zero attached hydrogens (tertiary/aromatic N) is 4. The van der Waals surface area contributed by atoms with Gasteiger partial charge >= 0.3 is 0 Å². The van der Waals surface area contributed by atoms with Crippen LogP contribution >= 0.6 is 0 Å². The zero-order chi connectivity index (χ0) is 15.1. The van der Waals surface area contributed by atoms with Crippen molar-refractivity contribution in [3.8, 4) is 0 Å². The summed E-state index contributed by atoms with van der Waals surface area (Å²) < 4.78 is 2.08. The summed E-state index contributed by atoms with van der Waals surface area (Å²) in [6.07, 6.45) is 7.77. The Morgan fingerprint density at radius 1 is 1.24 bits per heavy atom. The zero-order valence-corrected chi connectivity index (χ0v) is 12.6. The molecule has 0 fully saturated rings. The molecule has 4 N–H and O–H groups in total. The number of unbranched alkanes of at least 4 members (excludes halogenated alkanes) is 1. The lowest BCUT2D eigenvalue weighted by Crippen LogP contribution is -2.13. The van der Waals surface area contributed by atoms with Gasteiger partial charge in [0.15, 0.2) is 0 Å². The van der Waals surface area contributed by atoms with E-state index in [2.05, 4.69) is 44.1 Å². The maximum absolute atomic E-state index is 5.44. The molecular weight excluding hydrogens is 266 g/mol. The first-order valence-electron chi connectivity index (χ1n) is 7.24. The molecule has 7 heteroatoms. The summed E-state index contributed by atoms with van der Waals surface area (Å²) in [5.41, 5.74) is 2.58. The summed E-state index contributed by atoms with van der Waals surface area (Å²) in [5, 5.41) is 3.32. The highest BCUT2D eigenvalue weighted by molar-refractivity contribution is 5.47. The molecule has 0 bridgehead atoms. The standard InChI is InChI=1S/C14H23N7/c1-11(2)14-18-12(9-13(19-14)20-15)17-5-3-4-7-21-8-6-16-10-21/h6,8-11H,3-5,7,15H2,1-2H3,(H2,17,18,19,20). The Morgan fingerprint density at radius 2 is 2.05 bits per heavy atom. The first-order valence-corrected chi connectivity index (χ1v) is 7.24. The average molecular weight is 289 g/mol. The van der Waals surface area contributed by atoms with Crippen LogP contribution in [0.4, 0.5) is 11.6 Å². The molecule has 0 atom stereocenters. The smallest absolute Gasteiger partial charge is 0.145 e. The Morgan fingerprint density at radius 3 is 2.71 bits per heavy atom. The fourth-order valence-electron chi connectivity index (χ4n) is 1.94. The number of nitrogens with one attached hydrogen (secondary N) is 2. The summed E-state index contributed by atoms with van der Waals surface area (Å²) in [4.78, 5) is 12.9. The average Bonchev–Trinajstić information content (AvgIpc) is 2.99. The summed E-state index contributed by atoms with van der Waals surface area (Å²) in [6, 6.07) is 1.82. The van der Waals surface area contributed by atoms with Crippen LogP contribution in [0.25, 0.3) is 0 Å². The number of rotatable bonds is 8. The van der Waals surface area contributed by atoms with E-state index in [9.17, 15) is 0 Å². The van der Waals surface area contributed by atoms with Crippen LogP contribution in [-0.2, 0) is 6.54 Å². The summed E-state index contributed by atoms with van der Waals surface area (Å²) in [5.74, 6) is 7.93.